The highest BCUT2D eigenvalue weighted by atomic mass is 19.4. The fourth-order valence-corrected chi connectivity index (χ4v) is 3.65. The average Bonchev–Trinajstić information content (AvgIpc) is 3.48. The van der Waals surface area contributed by atoms with E-state index in [1.807, 2.05) is 5.10 Å². The van der Waals surface area contributed by atoms with Crippen molar-refractivity contribution in [3.05, 3.63) is 66.1 Å². The lowest BCUT2D eigenvalue weighted by molar-refractivity contribution is -0.140. The molecule has 0 saturated carbocycles. The summed E-state index contributed by atoms with van der Waals surface area (Å²) in [4.78, 5) is 8.51. The van der Waals surface area contributed by atoms with E-state index in [0.29, 0.717) is 35.9 Å². The molecule has 11 heteroatoms. The number of nitrogens with one attached hydrogen (secondary N) is 1. The van der Waals surface area contributed by atoms with Crippen LogP contribution in [0.25, 0.3) is 22.6 Å². The molecule has 0 unspecified atom stereocenters. The van der Waals surface area contributed by atoms with Crippen LogP contribution in [0.1, 0.15) is 17.2 Å². The minimum Gasteiger partial charge on any atom is -0.492 e. The summed E-state index contributed by atoms with van der Waals surface area (Å²) in [5.41, 5.74) is 0.237. The van der Waals surface area contributed by atoms with E-state index in [4.69, 9.17) is 4.74 Å². The number of ether oxygens (including phenoxy) is 1. The van der Waals surface area contributed by atoms with Gasteiger partial charge in [0.05, 0.1) is 18.6 Å². The molecule has 31 heavy (non-hydrogen) atoms. The minimum atomic E-state index is -4.61. The Bertz CT molecular complexity index is 1250. The zero-order chi connectivity index (χ0) is 21.6. The predicted molar refractivity (Wildman–Crippen MR) is 100 cm³/mol. The van der Waals surface area contributed by atoms with Crippen LogP contribution in [0.4, 0.5) is 17.6 Å². The van der Waals surface area contributed by atoms with Gasteiger partial charge in [-0.25, -0.2) is 9.37 Å². The topological polar surface area (TPSA) is 81.5 Å². The summed E-state index contributed by atoms with van der Waals surface area (Å²) in [6.45, 7) is 0.784. The molecule has 5 rings (SSSR count). The summed E-state index contributed by atoms with van der Waals surface area (Å²) in [6.07, 6.45) is 0.0475. The number of benzene rings is 1. The third kappa shape index (κ3) is 3.51. The van der Waals surface area contributed by atoms with Crippen LogP contribution in [0.2, 0.25) is 0 Å². The molecular weight excluding hydrogens is 416 g/mol. The smallest absolute Gasteiger partial charge is 0.435 e. The molecule has 0 radical (unpaired) electrons. The second kappa shape index (κ2) is 7.18. The van der Waals surface area contributed by atoms with E-state index in [1.165, 1.54) is 24.4 Å². The number of imidazole rings is 1. The first kappa shape index (κ1) is 19.2. The fourth-order valence-electron chi connectivity index (χ4n) is 3.65. The van der Waals surface area contributed by atoms with Crippen molar-refractivity contribution in [3.8, 4) is 28.4 Å². The molecule has 1 aliphatic rings. The van der Waals surface area contributed by atoms with Crippen molar-refractivity contribution in [2.45, 2.75) is 18.6 Å². The van der Waals surface area contributed by atoms with Crippen LogP contribution in [0.3, 0.4) is 0 Å². The number of nitrogens with zero attached hydrogens (tertiary/aromatic N) is 5. The van der Waals surface area contributed by atoms with Crippen molar-refractivity contribution in [3.63, 3.8) is 0 Å². The molecule has 7 nitrogen and oxygen atoms in total. The lowest BCUT2D eigenvalue weighted by atomic mass is 10.0. The highest BCUT2D eigenvalue weighted by Gasteiger charge is 2.37. The molecule has 3 aromatic heterocycles. The van der Waals surface area contributed by atoms with Crippen molar-refractivity contribution < 1.29 is 22.3 Å². The molecular formula is C20H14F4N6O. The average molecular weight is 430 g/mol. The number of hydrogen-bond donors (Lipinski definition) is 1. The van der Waals surface area contributed by atoms with Gasteiger partial charge in [0.2, 0.25) is 0 Å². The van der Waals surface area contributed by atoms with Gasteiger partial charge in [0.1, 0.15) is 23.0 Å². The Labute approximate surface area is 172 Å². The monoisotopic (exact) mass is 430 g/mol. The Kier molecular flexibility index (Phi) is 4.45. The summed E-state index contributed by atoms with van der Waals surface area (Å²) >= 11 is 0. The van der Waals surface area contributed by atoms with E-state index in [-0.39, 0.29) is 23.0 Å². The van der Waals surface area contributed by atoms with Gasteiger partial charge in [0.15, 0.2) is 5.69 Å². The molecule has 0 spiro atoms. The highest BCUT2D eigenvalue weighted by molar-refractivity contribution is 5.67. The number of rotatable bonds is 4. The van der Waals surface area contributed by atoms with Crippen molar-refractivity contribution in [2.75, 3.05) is 6.61 Å². The van der Waals surface area contributed by atoms with Crippen LogP contribution in [0, 0.1) is 5.82 Å². The lowest BCUT2D eigenvalue weighted by Gasteiger charge is -2.10. The van der Waals surface area contributed by atoms with E-state index < -0.39 is 11.9 Å². The van der Waals surface area contributed by atoms with Crippen LogP contribution in [0.15, 0.2) is 49.1 Å². The predicted octanol–water partition coefficient (Wildman–Crippen LogP) is 4.06. The lowest BCUT2D eigenvalue weighted by Crippen LogP contribution is -2.10. The van der Waals surface area contributed by atoms with Crippen LogP contribution in [-0.4, -0.2) is 36.6 Å². The molecule has 0 bridgehead atoms. The van der Waals surface area contributed by atoms with Gasteiger partial charge in [0, 0.05) is 36.0 Å². The first-order valence-corrected chi connectivity index (χ1v) is 9.28. The number of H-pyrrole nitrogens is 1. The Morgan fingerprint density at radius 3 is 2.87 bits per heavy atom. The normalized spacial score (nSPS) is 15.7. The van der Waals surface area contributed by atoms with Gasteiger partial charge in [-0.1, -0.05) is 11.3 Å². The quantitative estimate of drug-likeness (QED) is 0.494. The standard InChI is InChI=1S/C20H14F4N6O/c21-13-2-1-3-16-17(13)12(9-31-16)7-30-8-15(26-10-30)14-6-11(4-5-25-14)18-19(20(22,23)24)28-29-27-18/h1-6,8,10,12H,7,9H2,(H,27,28,29)/t12-/m1/s1. The Morgan fingerprint density at radius 2 is 2.03 bits per heavy atom. The zero-order valence-electron chi connectivity index (χ0n) is 15.8. The van der Waals surface area contributed by atoms with Crippen LogP contribution in [-0.2, 0) is 12.7 Å². The molecule has 4 heterocycles. The van der Waals surface area contributed by atoms with E-state index >= 15 is 0 Å². The molecule has 1 atom stereocenters. The Balaban J connectivity index is 1.41. The summed E-state index contributed by atoms with van der Waals surface area (Å²) < 4.78 is 61.0. The summed E-state index contributed by atoms with van der Waals surface area (Å²) in [5.74, 6) is 0.0394. The maximum Gasteiger partial charge on any atom is 0.435 e. The maximum atomic E-state index is 14.2. The third-order valence-corrected chi connectivity index (χ3v) is 5.05. The largest absolute Gasteiger partial charge is 0.492 e. The number of aromatic amines is 1. The van der Waals surface area contributed by atoms with Gasteiger partial charge in [-0.15, -0.1) is 5.10 Å². The molecule has 0 amide bonds. The Morgan fingerprint density at radius 1 is 1.16 bits per heavy atom. The first-order chi connectivity index (χ1) is 14.9. The number of pyridine rings is 1. The van der Waals surface area contributed by atoms with Crippen molar-refractivity contribution in [1.29, 1.82) is 0 Å². The molecule has 0 aliphatic carbocycles. The zero-order valence-corrected chi connectivity index (χ0v) is 15.8. The number of alkyl halides is 3. The second-order valence-corrected chi connectivity index (χ2v) is 7.08. The molecule has 0 fully saturated rings. The van der Waals surface area contributed by atoms with Crippen LogP contribution < -0.4 is 4.74 Å². The van der Waals surface area contributed by atoms with Gasteiger partial charge in [-0.2, -0.15) is 13.2 Å². The SMILES string of the molecule is Fc1cccc2c1[C@H](Cn1cnc(-c3cc(-c4nn[nH]c4C(F)(F)F)ccn3)c1)CO2. The summed E-state index contributed by atoms with van der Waals surface area (Å²) in [7, 11) is 0. The summed E-state index contributed by atoms with van der Waals surface area (Å²) in [6, 6.07) is 7.61. The van der Waals surface area contributed by atoms with Crippen LogP contribution >= 0.6 is 0 Å². The van der Waals surface area contributed by atoms with Gasteiger partial charge >= 0.3 is 6.18 Å². The van der Waals surface area contributed by atoms with E-state index in [1.54, 1.807) is 29.2 Å². The van der Waals surface area contributed by atoms with Crippen molar-refractivity contribution in [2.24, 2.45) is 0 Å². The number of hydrogen-bond acceptors (Lipinski definition) is 5. The fraction of sp³-hybridized carbons (Fsp3) is 0.200. The van der Waals surface area contributed by atoms with Crippen molar-refractivity contribution in [1.82, 2.24) is 29.9 Å². The van der Waals surface area contributed by atoms with Gasteiger partial charge in [-0.3, -0.25) is 10.1 Å². The van der Waals surface area contributed by atoms with E-state index in [2.05, 4.69) is 20.3 Å². The number of fused-ring (bicyclic) bond motifs is 1. The van der Waals surface area contributed by atoms with E-state index in [0.717, 1.165) is 0 Å². The molecule has 158 valence electrons. The summed E-state index contributed by atoms with van der Waals surface area (Å²) in [5, 5.41) is 8.73. The number of halogens is 4. The van der Waals surface area contributed by atoms with Gasteiger partial charge in [0.25, 0.3) is 0 Å². The molecule has 4 aromatic rings. The Hall–Kier alpha value is -3.76. The highest BCUT2D eigenvalue weighted by Crippen LogP contribution is 2.37. The molecule has 1 aliphatic heterocycles. The van der Waals surface area contributed by atoms with Gasteiger partial charge < -0.3 is 9.30 Å². The second-order valence-electron chi connectivity index (χ2n) is 7.08. The molecule has 0 saturated heterocycles. The van der Waals surface area contributed by atoms with Gasteiger partial charge in [-0.05, 0) is 24.3 Å². The number of aromatic nitrogens is 6. The first-order valence-electron chi connectivity index (χ1n) is 9.28. The van der Waals surface area contributed by atoms with E-state index in [9.17, 15) is 17.6 Å². The molecule has 1 N–H and O–H groups in total. The molecule has 1 aromatic carbocycles. The van der Waals surface area contributed by atoms with Crippen LogP contribution in [0.5, 0.6) is 5.75 Å². The van der Waals surface area contributed by atoms with Crippen molar-refractivity contribution >= 4 is 0 Å². The maximum absolute atomic E-state index is 14.2. The minimum absolute atomic E-state index is 0.179. The third-order valence-electron chi connectivity index (χ3n) is 5.05.